The van der Waals surface area contributed by atoms with Gasteiger partial charge in [-0.25, -0.2) is 8.78 Å². The molecule has 0 spiro atoms. The predicted octanol–water partition coefficient (Wildman–Crippen LogP) is 4.52. The molecule has 0 amide bonds. The minimum Gasteiger partial charge on any atom is -0.489 e. The number of methoxy groups -OCH3 is 1. The molecule has 0 saturated heterocycles. The van der Waals surface area contributed by atoms with Gasteiger partial charge in [-0.2, -0.15) is 0 Å². The Kier molecular flexibility index (Phi) is 14.1. The summed E-state index contributed by atoms with van der Waals surface area (Å²) < 4.78 is 38.5. The summed E-state index contributed by atoms with van der Waals surface area (Å²) in [6.45, 7) is 2.18. The van der Waals surface area contributed by atoms with E-state index in [9.17, 15) is 18.4 Å². The quantitative estimate of drug-likeness (QED) is 0.421. The monoisotopic (exact) mass is 490 g/mol. The van der Waals surface area contributed by atoms with Gasteiger partial charge < -0.3 is 25.1 Å². The molecule has 3 N–H and O–H groups in total. The Labute approximate surface area is 205 Å². The van der Waals surface area contributed by atoms with Crippen molar-refractivity contribution in [2.45, 2.75) is 25.8 Å². The van der Waals surface area contributed by atoms with Crippen molar-refractivity contribution >= 4 is 11.9 Å². The molecule has 2 atom stereocenters. The van der Waals surface area contributed by atoms with Crippen LogP contribution in [0.2, 0.25) is 0 Å². The van der Waals surface area contributed by atoms with Crippen molar-refractivity contribution in [3.63, 3.8) is 0 Å². The summed E-state index contributed by atoms with van der Waals surface area (Å²) in [4.78, 5) is 21.8. The lowest BCUT2D eigenvalue weighted by molar-refractivity contribution is -0.144. The van der Waals surface area contributed by atoms with E-state index in [1.165, 1.54) is 19.3 Å². The number of hydrogen-bond acceptors (Lipinski definition) is 6. The second-order valence-electron chi connectivity index (χ2n) is 7.41. The first-order valence-electron chi connectivity index (χ1n) is 10.8. The fourth-order valence-corrected chi connectivity index (χ4v) is 2.78. The van der Waals surface area contributed by atoms with Crippen LogP contribution in [-0.4, -0.2) is 43.4 Å². The van der Waals surface area contributed by atoms with Crippen LogP contribution in [0.5, 0.6) is 11.5 Å². The van der Waals surface area contributed by atoms with Crippen LogP contribution in [0.15, 0.2) is 73.3 Å². The zero-order valence-electron chi connectivity index (χ0n) is 20.7. The molecule has 0 aromatic heterocycles. The van der Waals surface area contributed by atoms with Gasteiger partial charge in [0.05, 0.1) is 25.7 Å². The summed E-state index contributed by atoms with van der Waals surface area (Å²) in [6, 6.07) is 13.3. The van der Waals surface area contributed by atoms with Crippen LogP contribution >= 0.6 is 0 Å². The average Bonchev–Trinajstić information content (AvgIpc) is 2.86. The number of nitrogens with two attached hydrogens (primary N) is 1. The second kappa shape index (κ2) is 16.8. The molecule has 0 aliphatic heterocycles. The van der Waals surface area contributed by atoms with Gasteiger partial charge in [-0.3, -0.25) is 9.59 Å². The molecular formula is C26H32F2NO6+. The van der Waals surface area contributed by atoms with Gasteiger partial charge in [0.15, 0.2) is 0 Å². The highest BCUT2D eigenvalue weighted by Gasteiger charge is 2.13. The van der Waals surface area contributed by atoms with Crippen molar-refractivity contribution < 1.29 is 39.1 Å². The minimum absolute atomic E-state index is 0. The molecule has 2 aromatic rings. The first kappa shape index (κ1) is 29.3. The lowest BCUT2D eigenvalue weighted by Gasteiger charge is -2.09. The van der Waals surface area contributed by atoms with Crippen LogP contribution in [0.25, 0.3) is 0 Å². The third kappa shape index (κ3) is 12.4. The zero-order valence-corrected chi connectivity index (χ0v) is 19.7. The summed E-state index contributed by atoms with van der Waals surface area (Å²) in [7, 11) is 1.38. The van der Waals surface area contributed by atoms with Gasteiger partial charge in [0.1, 0.15) is 30.8 Å². The van der Waals surface area contributed by atoms with Crippen molar-refractivity contribution in [1.29, 1.82) is 0 Å². The van der Waals surface area contributed by atoms with Crippen LogP contribution in [0.3, 0.4) is 0 Å². The van der Waals surface area contributed by atoms with Gasteiger partial charge in [0, 0.05) is 0 Å². The molecule has 0 aliphatic rings. The molecule has 7 nitrogen and oxygen atoms in total. The topological polar surface area (TPSA) is 108 Å². The Morgan fingerprint density at radius 3 is 1.71 bits per heavy atom. The summed E-state index contributed by atoms with van der Waals surface area (Å²) in [6.07, 6.45) is 4.28. The molecule has 0 saturated carbocycles. The molecule has 9 heteroatoms. The summed E-state index contributed by atoms with van der Waals surface area (Å²) >= 11 is 0. The number of halogens is 2. The second-order valence-corrected chi connectivity index (χ2v) is 7.41. The van der Waals surface area contributed by atoms with Crippen molar-refractivity contribution in [3.8, 4) is 11.5 Å². The smallest absolute Gasteiger partial charge is 0.489 e. The number of ether oxygens (including phenoxy) is 3. The van der Waals surface area contributed by atoms with E-state index in [0.717, 1.165) is 11.1 Å². The number of carboxylic acids is 1. The summed E-state index contributed by atoms with van der Waals surface area (Å²) in [5.41, 5.74) is 7.25. The number of carbonyl (C=O) groups is 2. The van der Waals surface area contributed by atoms with Crippen LogP contribution in [0.4, 0.5) is 8.78 Å². The largest absolute Gasteiger partial charge is 1.00 e. The summed E-state index contributed by atoms with van der Waals surface area (Å²) in [5.74, 6) is -0.156. The lowest BCUT2D eigenvalue weighted by atomic mass is 10.0. The van der Waals surface area contributed by atoms with Crippen LogP contribution < -0.4 is 15.2 Å². The predicted molar refractivity (Wildman–Crippen MR) is 130 cm³/mol. The Morgan fingerprint density at radius 1 is 0.914 bits per heavy atom. The maximum absolute atomic E-state index is 11.7. The molecule has 0 aliphatic carbocycles. The molecule has 35 heavy (non-hydrogen) atoms. The third-order valence-electron chi connectivity index (χ3n) is 4.64. The number of hydrogen-bond donors (Lipinski definition) is 2. The van der Waals surface area contributed by atoms with Crippen molar-refractivity contribution in [2.75, 3.05) is 20.3 Å². The molecular weight excluding hydrogens is 458 g/mol. The van der Waals surface area contributed by atoms with E-state index < -0.39 is 12.0 Å². The third-order valence-corrected chi connectivity index (χ3v) is 4.64. The van der Waals surface area contributed by atoms with E-state index in [2.05, 4.69) is 4.74 Å². The van der Waals surface area contributed by atoms with E-state index in [4.69, 9.17) is 20.3 Å². The van der Waals surface area contributed by atoms with Gasteiger partial charge in [-0.15, -0.1) is 0 Å². The first-order valence-corrected chi connectivity index (χ1v) is 10.8. The highest BCUT2D eigenvalue weighted by atomic mass is 18.2. The Morgan fingerprint density at radius 2 is 1.34 bits per heavy atom. The molecule has 2 rings (SSSR count). The van der Waals surface area contributed by atoms with E-state index in [-0.39, 0.29) is 32.9 Å². The molecule has 190 valence electrons. The number of carboxylic acid groups (broad SMARTS) is 1. The molecule has 2 unspecified atom stereocenters. The standard InChI is InChI=1S/C14H17FO3.C12H14FNO3/c1-11(14(16)17-2)10-12-4-6-13(7-5-12)18-9-3-8-15;13-6-1-7-17-10-4-2-9(3-5-10)8-11(14)12(15)16/h3-8,11H,9-10H2,1-2H3;1-6,11H,7-8,14H2,(H,15,16)/p+1/b8-3+;6-1+/i15-1;13-1. The SMILES string of the molecule is COC(=O)C(C)Cc1ccc(OC/C=C/[18F])cc1.NC(Cc1ccc(OC/C=C/[18F])cc1)C(=O)O.[H+]. The fraction of sp³-hybridized carbons (Fsp3) is 0.308. The van der Waals surface area contributed by atoms with Crippen LogP contribution in [-0.2, 0) is 27.2 Å². The number of benzene rings is 2. The number of esters is 1. The number of carbonyl (C=O) groups excluding carboxylic acids is 1. The van der Waals surface area contributed by atoms with E-state index in [1.807, 2.05) is 19.1 Å². The Hall–Kier alpha value is -3.72. The average molecular weight is 491 g/mol. The first-order chi connectivity index (χ1) is 16.8. The van der Waals surface area contributed by atoms with Crippen LogP contribution in [0.1, 0.15) is 19.5 Å². The molecule has 0 bridgehead atoms. The van der Waals surface area contributed by atoms with Gasteiger partial charge in [-0.1, -0.05) is 31.2 Å². The highest BCUT2D eigenvalue weighted by molar-refractivity contribution is 5.73. The normalized spacial score (nSPS) is 12.5. The van der Waals surface area contributed by atoms with E-state index in [0.29, 0.717) is 30.6 Å². The van der Waals surface area contributed by atoms with Crippen molar-refractivity contribution in [3.05, 3.63) is 84.5 Å². The van der Waals surface area contributed by atoms with Gasteiger partial charge in [0.2, 0.25) is 0 Å². The Balaban J connectivity index is 0.000000663. The van der Waals surface area contributed by atoms with Gasteiger partial charge in [-0.05, 0) is 60.4 Å². The van der Waals surface area contributed by atoms with Crippen molar-refractivity contribution in [1.82, 2.24) is 0 Å². The highest BCUT2D eigenvalue weighted by Crippen LogP contribution is 2.16. The van der Waals surface area contributed by atoms with Gasteiger partial charge >= 0.3 is 13.4 Å². The lowest BCUT2D eigenvalue weighted by Crippen LogP contribution is -2.32. The number of aliphatic carboxylic acids is 1. The Bertz CT molecular complexity index is 952. The van der Waals surface area contributed by atoms with Crippen molar-refractivity contribution in [2.24, 2.45) is 11.7 Å². The maximum Gasteiger partial charge on any atom is 1.00 e. The zero-order chi connectivity index (χ0) is 26.1. The molecule has 0 fully saturated rings. The van der Waals surface area contributed by atoms with Gasteiger partial charge in [0.25, 0.3) is 0 Å². The van der Waals surface area contributed by atoms with E-state index >= 15 is 0 Å². The molecule has 0 radical (unpaired) electrons. The maximum atomic E-state index is 11.7. The van der Waals surface area contributed by atoms with Crippen LogP contribution in [0, 0.1) is 5.92 Å². The van der Waals surface area contributed by atoms with E-state index in [1.54, 1.807) is 36.4 Å². The molecule has 2 aromatic carbocycles. The number of rotatable bonds is 12. The minimum atomic E-state index is -1.03. The fourth-order valence-electron chi connectivity index (χ4n) is 2.78. The molecule has 0 heterocycles. The summed E-state index contributed by atoms with van der Waals surface area (Å²) in [5, 5.41) is 8.65.